The minimum atomic E-state index is 0.241. The standard InChI is InChI=1S/C14H23N3O/c1-3-18-14-8-4-7-13(16-14)17-9-5-6-12(17)10-11(2)15/h4,7-8,11-12H,3,5-6,9-10,15H2,1-2H3. The smallest absolute Gasteiger partial charge is 0.215 e. The Kier molecular flexibility index (Phi) is 4.42. The molecule has 0 spiro atoms. The second-order valence-corrected chi connectivity index (χ2v) is 4.97. The molecule has 2 atom stereocenters. The first kappa shape index (κ1) is 13.1. The maximum absolute atomic E-state index is 5.92. The normalized spacial score (nSPS) is 21.1. The van der Waals surface area contributed by atoms with Crippen molar-refractivity contribution in [2.45, 2.75) is 45.2 Å². The van der Waals surface area contributed by atoms with Gasteiger partial charge in [-0.25, -0.2) is 0 Å². The lowest BCUT2D eigenvalue weighted by Gasteiger charge is -2.27. The maximum atomic E-state index is 5.92. The van der Waals surface area contributed by atoms with E-state index in [-0.39, 0.29) is 6.04 Å². The summed E-state index contributed by atoms with van der Waals surface area (Å²) in [4.78, 5) is 6.93. The van der Waals surface area contributed by atoms with Crippen LogP contribution in [0.25, 0.3) is 0 Å². The molecule has 2 unspecified atom stereocenters. The van der Waals surface area contributed by atoms with Gasteiger partial charge in [0, 0.05) is 24.7 Å². The summed E-state index contributed by atoms with van der Waals surface area (Å²) < 4.78 is 5.46. The van der Waals surface area contributed by atoms with Gasteiger partial charge in [-0.15, -0.1) is 0 Å². The van der Waals surface area contributed by atoms with Crippen LogP contribution in [0.1, 0.15) is 33.1 Å². The number of pyridine rings is 1. The molecule has 1 saturated heterocycles. The van der Waals surface area contributed by atoms with E-state index in [0.29, 0.717) is 18.5 Å². The summed E-state index contributed by atoms with van der Waals surface area (Å²) in [7, 11) is 0. The van der Waals surface area contributed by atoms with Crippen molar-refractivity contribution in [3.8, 4) is 5.88 Å². The fourth-order valence-corrected chi connectivity index (χ4v) is 2.60. The van der Waals surface area contributed by atoms with Crippen LogP contribution in [0.4, 0.5) is 5.82 Å². The summed E-state index contributed by atoms with van der Waals surface area (Å²) in [6.45, 7) is 5.77. The van der Waals surface area contributed by atoms with E-state index >= 15 is 0 Å². The molecule has 1 aliphatic rings. The van der Waals surface area contributed by atoms with Crippen LogP contribution in [0.2, 0.25) is 0 Å². The van der Waals surface area contributed by atoms with E-state index in [1.807, 2.05) is 19.1 Å². The van der Waals surface area contributed by atoms with E-state index in [9.17, 15) is 0 Å². The Balaban J connectivity index is 2.11. The van der Waals surface area contributed by atoms with E-state index in [1.165, 1.54) is 12.8 Å². The van der Waals surface area contributed by atoms with Crippen molar-refractivity contribution in [3.05, 3.63) is 18.2 Å². The first-order valence-electron chi connectivity index (χ1n) is 6.82. The highest BCUT2D eigenvalue weighted by Gasteiger charge is 2.26. The van der Waals surface area contributed by atoms with E-state index < -0.39 is 0 Å². The Morgan fingerprint density at radius 1 is 1.56 bits per heavy atom. The first-order chi connectivity index (χ1) is 8.70. The van der Waals surface area contributed by atoms with Gasteiger partial charge in [-0.2, -0.15) is 4.98 Å². The zero-order valence-electron chi connectivity index (χ0n) is 11.3. The molecule has 0 amide bonds. The van der Waals surface area contributed by atoms with Gasteiger partial charge in [-0.1, -0.05) is 6.07 Å². The van der Waals surface area contributed by atoms with Gasteiger partial charge in [0.1, 0.15) is 5.82 Å². The summed E-state index contributed by atoms with van der Waals surface area (Å²) in [6, 6.07) is 6.74. The fraction of sp³-hybridized carbons (Fsp3) is 0.643. The van der Waals surface area contributed by atoms with Gasteiger partial charge in [0.25, 0.3) is 0 Å². The van der Waals surface area contributed by atoms with E-state index in [4.69, 9.17) is 10.5 Å². The largest absolute Gasteiger partial charge is 0.478 e. The number of ether oxygens (including phenoxy) is 1. The molecule has 0 aromatic carbocycles. The lowest BCUT2D eigenvalue weighted by molar-refractivity contribution is 0.327. The predicted octanol–water partition coefficient (Wildman–Crippen LogP) is 2.19. The van der Waals surface area contributed by atoms with Gasteiger partial charge in [-0.05, 0) is 39.2 Å². The monoisotopic (exact) mass is 249 g/mol. The number of nitrogens with zero attached hydrogens (tertiary/aromatic N) is 2. The highest BCUT2D eigenvalue weighted by molar-refractivity contribution is 5.43. The van der Waals surface area contributed by atoms with Crippen LogP contribution in [0.3, 0.4) is 0 Å². The number of aromatic nitrogens is 1. The van der Waals surface area contributed by atoms with Crippen molar-refractivity contribution in [1.82, 2.24) is 4.98 Å². The van der Waals surface area contributed by atoms with Crippen molar-refractivity contribution in [1.29, 1.82) is 0 Å². The third-order valence-corrected chi connectivity index (χ3v) is 3.32. The lowest BCUT2D eigenvalue weighted by atomic mass is 10.1. The highest BCUT2D eigenvalue weighted by Crippen LogP contribution is 2.27. The molecule has 0 bridgehead atoms. The van der Waals surface area contributed by atoms with Crippen molar-refractivity contribution in [2.24, 2.45) is 5.73 Å². The fourth-order valence-electron chi connectivity index (χ4n) is 2.60. The van der Waals surface area contributed by atoms with Crippen LogP contribution in [0.15, 0.2) is 18.2 Å². The Labute approximate surface area is 109 Å². The van der Waals surface area contributed by atoms with Gasteiger partial charge in [0.2, 0.25) is 5.88 Å². The molecule has 100 valence electrons. The van der Waals surface area contributed by atoms with Gasteiger partial charge >= 0.3 is 0 Å². The number of rotatable bonds is 5. The number of hydrogen-bond donors (Lipinski definition) is 1. The molecule has 0 aliphatic carbocycles. The summed E-state index contributed by atoms with van der Waals surface area (Å²) in [5.74, 6) is 1.73. The van der Waals surface area contributed by atoms with Gasteiger partial charge in [-0.3, -0.25) is 0 Å². The van der Waals surface area contributed by atoms with Crippen LogP contribution >= 0.6 is 0 Å². The second kappa shape index (κ2) is 6.05. The average molecular weight is 249 g/mol. The van der Waals surface area contributed by atoms with Crippen LogP contribution in [-0.2, 0) is 0 Å². The summed E-state index contributed by atoms with van der Waals surface area (Å²) in [6.07, 6.45) is 3.46. The Bertz CT molecular complexity index is 381. The molecular weight excluding hydrogens is 226 g/mol. The van der Waals surface area contributed by atoms with Crippen LogP contribution in [0.5, 0.6) is 5.88 Å². The van der Waals surface area contributed by atoms with Gasteiger partial charge < -0.3 is 15.4 Å². The molecule has 2 rings (SSSR count). The molecule has 0 radical (unpaired) electrons. The average Bonchev–Trinajstić information content (AvgIpc) is 2.77. The third kappa shape index (κ3) is 3.13. The zero-order chi connectivity index (χ0) is 13.0. The second-order valence-electron chi connectivity index (χ2n) is 4.97. The third-order valence-electron chi connectivity index (χ3n) is 3.32. The molecule has 2 N–H and O–H groups in total. The SMILES string of the molecule is CCOc1cccc(N2CCCC2CC(C)N)n1. The van der Waals surface area contributed by atoms with Crippen molar-refractivity contribution < 1.29 is 4.74 Å². The van der Waals surface area contributed by atoms with E-state index in [2.05, 4.69) is 22.9 Å². The number of hydrogen-bond acceptors (Lipinski definition) is 4. The molecule has 2 heterocycles. The van der Waals surface area contributed by atoms with Crippen LogP contribution < -0.4 is 15.4 Å². The lowest BCUT2D eigenvalue weighted by Crippen LogP contribution is -2.34. The molecule has 18 heavy (non-hydrogen) atoms. The number of anilines is 1. The van der Waals surface area contributed by atoms with Crippen LogP contribution in [-0.4, -0.2) is 30.2 Å². The summed E-state index contributed by atoms with van der Waals surface area (Å²) in [5, 5.41) is 0. The van der Waals surface area contributed by atoms with Crippen molar-refractivity contribution >= 4 is 5.82 Å². The van der Waals surface area contributed by atoms with Crippen molar-refractivity contribution in [2.75, 3.05) is 18.1 Å². The topological polar surface area (TPSA) is 51.4 Å². The van der Waals surface area contributed by atoms with E-state index in [0.717, 1.165) is 18.8 Å². The van der Waals surface area contributed by atoms with E-state index in [1.54, 1.807) is 0 Å². The Hall–Kier alpha value is -1.29. The van der Waals surface area contributed by atoms with Crippen molar-refractivity contribution in [3.63, 3.8) is 0 Å². The molecule has 4 heteroatoms. The highest BCUT2D eigenvalue weighted by atomic mass is 16.5. The molecule has 1 aromatic rings. The van der Waals surface area contributed by atoms with Crippen LogP contribution in [0, 0.1) is 0 Å². The molecule has 1 aliphatic heterocycles. The minimum Gasteiger partial charge on any atom is -0.478 e. The molecule has 0 saturated carbocycles. The van der Waals surface area contributed by atoms with Gasteiger partial charge in [0.15, 0.2) is 0 Å². The maximum Gasteiger partial charge on any atom is 0.215 e. The molecule has 4 nitrogen and oxygen atoms in total. The predicted molar refractivity (Wildman–Crippen MR) is 74.0 cm³/mol. The quantitative estimate of drug-likeness (QED) is 0.869. The Morgan fingerprint density at radius 2 is 2.39 bits per heavy atom. The summed E-state index contributed by atoms with van der Waals surface area (Å²) >= 11 is 0. The zero-order valence-corrected chi connectivity index (χ0v) is 11.3. The minimum absolute atomic E-state index is 0.241. The Morgan fingerprint density at radius 3 is 3.11 bits per heavy atom. The number of nitrogens with two attached hydrogens (primary N) is 1. The molecule has 1 aromatic heterocycles. The molecular formula is C14H23N3O. The molecule has 1 fully saturated rings. The summed E-state index contributed by atoms with van der Waals surface area (Å²) in [5.41, 5.74) is 5.92. The van der Waals surface area contributed by atoms with Gasteiger partial charge in [0.05, 0.1) is 6.61 Å². The first-order valence-corrected chi connectivity index (χ1v) is 6.82.